The van der Waals surface area contributed by atoms with Crippen molar-refractivity contribution in [3.8, 4) is 0 Å². The van der Waals surface area contributed by atoms with Crippen LogP contribution in [0.3, 0.4) is 0 Å². The lowest BCUT2D eigenvalue weighted by molar-refractivity contribution is -0.110. The summed E-state index contributed by atoms with van der Waals surface area (Å²) in [6.07, 6.45) is 3.26. The molecular formula is C18H20N6O3. The van der Waals surface area contributed by atoms with E-state index in [0.29, 0.717) is 60.5 Å². The van der Waals surface area contributed by atoms with Crippen molar-refractivity contribution in [2.24, 2.45) is 0 Å². The molecule has 27 heavy (non-hydrogen) atoms. The molecule has 2 aliphatic rings. The van der Waals surface area contributed by atoms with E-state index in [1.54, 1.807) is 18.3 Å². The van der Waals surface area contributed by atoms with Crippen molar-refractivity contribution in [3.05, 3.63) is 34.9 Å². The smallest absolute Gasteiger partial charge is 0.258 e. The number of likely N-dealkylation sites (N-methyl/N-ethyl adjacent to an activating group) is 1. The third-order valence-electron chi connectivity index (χ3n) is 4.48. The van der Waals surface area contributed by atoms with Crippen molar-refractivity contribution in [1.29, 1.82) is 0 Å². The molecule has 0 saturated heterocycles. The van der Waals surface area contributed by atoms with Crippen LogP contribution in [-0.4, -0.2) is 60.1 Å². The molecule has 0 fully saturated rings. The van der Waals surface area contributed by atoms with Crippen LogP contribution in [0.2, 0.25) is 0 Å². The van der Waals surface area contributed by atoms with Gasteiger partial charge in [0.15, 0.2) is 0 Å². The second-order valence-corrected chi connectivity index (χ2v) is 6.51. The number of anilines is 2. The quantitative estimate of drug-likeness (QED) is 0.634. The fourth-order valence-electron chi connectivity index (χ4n) is 3.08. The number of amides is 2. The van der Waals surface area contributed by atoms with E-state index < -0.39 is 0 Å². The van der Waals surface area contributed by atoms with Gasteiger partial charge in [-0.3, -0.25) is 9.59 Å². The monoisotopic (exact) mass is 368 g/mol. The maximum Gasteiger partial charge on any atom is 0.258 e. The van der Waals surface area contributed by atoms with Crippen LogP contribution in [0.15, 0.2) is 12.3 Å². The molecule has 0 aliphatic carbocycles. The number of hydrogen-bond donors (Lipinski definition) is 3. The summed E-state index contributed by atoms with van der Waals surface area (Å²) in [5.41, 5.74) is 3.33. The van der Waals surface area contributed by atoms with Gasteiger partial charge >= 0.3 is 0 Å². The highest BCUT2D eigenvalue weighted by Crippen LogP contribution is 2.32. The van der Waals surface area contributed by atoms with E-state index in [2.05, 4.69) is 25.6 Å². The van der Waals surface area contributed by atoms with Gasteiger partial charge in [-0.2, -0.15) is 0 Å². The van der Waals surface area contributed by atoms with Crippen LogP contribution in [-0.2, 0) is 9.53 Å². The minimum atomic E-state index is -0.273. The molecule has 2 bridgehead atoms. The zero-order chi connectivity index (χ0) is 19.0. The average Bonchev–Trinajstić information content (AvgIpc) is 3.16. The summed E-state index contributed by atoms with van der Waals surface area (Å²) in [5.74, 6) is 0.0147. The molecule has 3 N–H and O–H groups in total. The number of aryl methyl sites for hydroxylation is 1. The SMILES string of the molecule is Cc1cc2c([nH]1)/C=C1\C(=O)Nc3cnc(nc31)N(C)CCOCCNC2=O. The third kappa shape index (κ3) is 3.28. The molecule has 9 heteroatoms. The van der Waals surface area contributed by atoms with Crippen LogP contribution in [0.5, 0.6) is 0 Å². The summed E-state index contributed by atoms with van der Waals surface area (Å²) in [5, 5.41) is 5.61. The zero-order valence-corrected chi connectivity index (χ0v) is 15.1. The lowest BCUT2D eigenvalue weighted by atomic mass is 10.1. The molecule has 2 amide bonds. The Morgan fingerprint density at radius 2 is 2.07 bits per heavy atom. The summed E-state index contributed by atoms with van der Waals surface area (Å²) in [6.45, 7) is 3.73. The van der Waals surface area contributed by atoms with Crippen LogP contribution in [0.1, 0.15) is 27.4 Å². The van der Waals surface area contributed by atoms with Crippen molar-refractivity contribution in [2.45, 2.75) is 6.92 Å². The van der Waals surface area contributed by atoms with Crippen LogP contribution in [0, 0.1) is 6.92 Å². The normalized spacial score (nSPS) is 19.3. The molecule has 0 atom stereocenters. The molecule has 4 heterocycles. The second-order valence-electron chi connectivity index (χ2n) is 6.51. The summed E-state index contributed by atoms with van der Waals surface area (Å²) in [6, 6.07) is 1.76. The number of nitrogens with zero attached hydrogens (tertiary/aromatic N) is 3. The summed E-state index contributed by atoms with van der Waals surface area (Å²) < 4.78 is 5.57. The molecule has 0 spiro atoms. The highest BCUT2D eigenvalue weighted by Gasteiger charge is 2.28. The van der Waals surface area contributed by atoms with E-state index in [0.717, 1.165) is 5.69 Å². The summed E-state index contributed by atoms with van der Waals surface area (Å²) in [7, 11) is 1.87. The molecular weight excluding hydrogens is 348 g/mol. The summed E-state index contributed by atoms with van der Waals surface area (Å²) >= 11 is 0. The Balaban J connectivity index is 1.83. The van der Waals surface area contributed by atoms with Gasteiger partial charge < -0.3 is 25.3 Å². The Bertz CT molecular complexity index is 949. The molecule has 2 aliphatic heterocycles. The van der Waals surface area contributed by atoms with Crippen LogP contribution < -0.4 is 15.5 Å². The Kier molecular flexibility index (Phi) is 4.36. The first-order valence-electron chi connectivity index (χ1n) is 8.70. The van der Waals surface area contributed by atoms with Gasteiger partial charge in [-0.1, -0.05) is 0 Å². The Labute approximate surface area is 155 Å². The van der Waals surface area contributed by atoms with E-state index >= 15 is 0 Å². The fourth-order valence-corrected chi connectivity index (χ4v) is 3.08. The number of hydrogen-bond acceptors (Lipinski definition) is 6. The topological polar surface area (TPSA) is 112 Å². The van der Waals surface area contributed by atoms with E-state index in [-0.39, 0.29) is 11.8 Å². The molecule has 0 radical (unpaired) electrons. The Hall–Kier alpha value is -3.20. The van der Waals surface area contributed by atoms with Gasteiger partial charge in [0.2, 0.25) is 5.95 Å². The average molecular weight is 368 g/mol. The minimum absolute atomic E-state index is 0.219. The predicted molar refractivity (Wildman–Crippen MR) is 100 cm³/mol. The predicted octanol–water partition coefficient (Wildman–Crippen LogP) is 0.802. The summed E-state index contributed by atoms with van der Waals surface area (Å²) in [4.78, 5) is 38.9. The number of aromatic nitrogens is 3. The third-order valence-corrected chi connectivity index (χ3v) is 4.48. The number of carbonyl (C=O) groups excluding carboxylic acids is 2. The van der Waals surface area contributed by atoms with Crippen LogP contribution >= 0.6 is 0 Å². The first kappa shape index (κ1) is 17.2. The van der Waals surface area contributed by atoms with Gasteiger partial charge in [-0.25, -0.2) is 9.97 Å². The maximum atomic E-state index is 12.5. The van der Waals surface area contributed by atoms with E-state index in [9.17, 15) is 9.59 Å². The van der Waals surface area contributed by atoms with Crippen LogP contribution in [0.4, 0.5) is 11.6 Å². The van der Waals surface area contributed by atoms with Gasteiger partial charge in [-0.15, -0.1) is 0 Å². The van der Waals surface area contributed by atoms with Crippen molar-refractivity contribution in [2.75, 3.05) is 43.6 Å². The minimum Gasteiger partial charge on any atom is -0.378 e. The molecule has 2 aromatic heterocycles. The van der Waals surface area contributed by atoms with E-state index in [4.69, 9.17) is 4.74 Å². The molecule has 0 saturated carbocycles. The highest BCUT2D eigenvalue weighted by molar-refractivity contribution is 6.34. The lowest BCUT2D eigenvalue weighted by Gasteiger charge is -2.17. The fraction of sp³-hybridized carbons (Fsp3) is 0.333. The number of carbonyl (C=O) groups is 2. The number of nitrogens with one attached hydrogen (secondary N) is 3. The first-order chi connectivity index (χ1) is 13.0. The van der Waals surface area contributed by atoms with Crippen LogP contribution in [0.25, 0.3) is 11.6 Å². The van der Waals surface area contributed by atoms with Gasteiger partial charge in [0.1, 0.15) is 5.69 Å². The van der Waals surface area contributed by atoms with Crippen molar-refractivity contribution >= 4 is 35.1 Å². The molecule has 2 aromatic rings. The number of fused-ring (bicyclic) bond motifs is 2. The maximum absolute atomic E-state index is 12.5. The lowest BCUT2D eigenvalue weighted by Crippen LogP contribution is -2.29. The number of rotatable bonds is 0. The van der Waals surface area contributed by atoms with Crippen molar-refractivity contribution < 1.29 is 14.3 Å². The molecule has 0 aromatic carbocycles. The molecule has 4 rings (SSSR count). The van der Waals surface area contributed by atoms with Gasteiger partial charge in [-0.05, 0) is 19.1 Å². The molecule has 0 unspecified atom stereocenters. The van der Waals surface area contributed by atoms with Crippen molar-refractivity contribution in [3.63, 3.8) is 0 Å². The largest absolute Gasteiger partial charge is 0.378 e. The number of ether oxygens (including phenoxy) is 1. The molecule has 9 nitrogen and oxygen atoms in total. The van der Waals surface area contributed by atoms with E-state index in [1.165, 1.54) is 0 Å². The Morgan fingerprint density at radius 1 is 1.22 bits per heavy atom. The number of aromatic amines is 1. The number of H-pyrrole nitrogens is 1. The highest BCUT2D eigenvalue weighted by atomic mass is 16.5. The van der Waals surface area contributed by atoms with Gasteiger partial charge in [0, 0.05) is 25.8 Å². The Morgan fingerprint density at radius 3 is 2.93 bits per heavy atom. The zero-order valence-electron chi connectivity index (χ0n) is 15.1. The molecule has 140 valence electrons. The van der Waals surface area contributed by atoms with Gasteiger partial charge in [0.25, 0.3) is 11.8 Å². The standard InChI is InChI=1S/C18H20N6O3/c1-10-7-11-13(21-10)8-12-15-14(22-17(12)26)9-20-18(23-15)24(2)4-6-27-5-3-19-16(11)25/h7-9,21H,3-6H2,1-2H3,(H,19,25)(H,22,26)/b12-8-. The first-order valence-corrected chi connectivity index (χ1v) is 8.70. The second kappa shape index (κ2) is 6.84. The van der Waals surface area contributed by atoms with Crippen molar-refractivity contribution in [1.82, 2.24) is 20.3 Å². The van der Waals surface area contributed by atoms with E-state index in [1.807, 2.05) is 18.9 Å². The van der Waals surface area contributed by atoms with Gasteiger partial charge in [0.05, 0.1) is 41.9 Å².